The number of nitrogens with one attached hydrogen (secondary N) is 1. The van der Waals surface area contributed by atoms with Crippen molar-refractivity contribution in [2.45, 2.75) is 43.8 Å². The minimum absolute atomic E-state index is 0.00101. The van der Waals surface area contributed by atoms with E-state index in [-0.39, 0.29) is 50.1 Å². The molecule has 1 atom stereocenters. The van der Waals surface area contributed by atoms with E-state index >= 15 is 0 Å². The SMILES string of the molecule is N#CCCN(CCC#N)C(=O)c1cccc(NC(=O)CC2SC(N3CCCCC3)=NC2=O)c1. The van der Waals surface area contributed by atoms with E-state index in [0.29, 0.717) is 16.4 Å². The monoisotopic (exact) mass is 466 g/mol. The van der Waals surface area contributed by atoms with Gasteiger partial charge in [-0.05, 0) is 37.5 Å². The molecule has 1 fully saturated rings. The zero-order valence-electron chi connectivity index (χ0n) is 18.3. The van der Waals surface area contributed by atoms with E-state index in [1.54, 1.807) is 24.3 Å². The van der Waals surface area contributed by atoms with Gasteiger partial charge in [0.05, 0.1) is 25.0 Å². The maximum absolute atomic E-state index is 12.8. The maximum Gasteiger partial charge on any atom is 0.262 e. The van der Waals surface area contributed by atoms with Crippen LogP contribution in [0.5, 0.6) is 0 Å². The van der Waals surface area contributed by atoms with Crippen molar-refractivity contribution >= 4 is 40.3 Å². The van der Waals surface area contributed by atoms with Gasteiger partial charge in [-0.25, -0.2) is 0 Å². The van der Waals surface area contributed by atoms with Crippen LogP contribution >= 0.6 is 11.8 Å². The zero-order valence-corrected chi connectivity index (χ0v) is 19.1. The van der Waals surface area contributed by atoms with E-state index in [2.05, 4.69) is 15.2 Å². The average Bonchev–Trinajstić information content (AvgIpc) is 3.19. The predicted molar refractivity (Wildman–Crippen MR) is 125 cm³/mol. The second-order valence-electron chi connectivity index (χ2n) is 7.83. The van der Waals surface area contributed by atoms with E-state index < -0.39 is 5.25 Å². The quantitative estimate of drug-likeness (QED) is 0.623. The summed E-state index contributed by atoms with van der Waals surface area (Å²) in [6, 6.07) is 10.5. The predicted octanol–water partition coefficient (Wildman–Crippen LogP) is 2.77. The molecule has 0 aliphatic carbocycles. The highest BCUT2D eigenvalue weighted by atomic mass is 32.2. The van der Waals surface area contributed by atoms with Crippen LogP contribution in [0.25, 0.3) is 0 Å². The van der Waals surface area contributed by atoms with Gasteiger partial charge in [0.15, 0.2) is 5.17 Å². The minimum Gasteiger partial charge on any atom is -0.351 e. The number of aliphatic imine (C=N–C) groups is 1. The van der Waals surface area contributed by atoms with E-state index in [9.17, 15) is 14.4 Å². The number of amidine groups is 1. The first kappa shape index (κ1) is 24.3. The van der Waals surface area contributed by atoms with Gasteiger partial charge in [-0.2, -0.15) is 15.5 Å². The topological polar surface area (TPSA) is 130 Å². The van der Waals surface area contributed by atoms with E-state index in [4.69, 9.17) is 10.5 Å². The Morgan fingerprint density at radius 1 is 1.15 bits per heavy atom. The van der Waals surface area contributed by atoms with Crippen molar-refractivity contribution in [3.63, 3.8) is 0 Å². The molecule has 1 aromatic rings. The highest BCUT2D eigenvalue weighted by Gasteiger charge is 2.33. The highest BCUT2D eigenvalue weighted by Crippen LogP contribution is 2.29. The van der Waals surface area contributed by atoms with Crippen molar-refractivity contribution in [1.82, 2.24) is 9.80 Å². The summed E-state index contributed by atoms with van der Waals surface area (Å²) in [6.07, 6.45) is 3.68. The molecule has 1 aromatic carbocycles. The lowest BCUT2D eigenvalue weighted by molar-refractivity contribution is -0.121. The van der Waals surface area contributed by atoms with Crippen LogP contribution in [-0.2, 0) is 9.59 Å². The van der Waals surface area contributed by atoms with Crippen molar-refractivity contribution < 1.29 is 14.4 Å². The zero-order chi connectivity index (χ0) is 23.6. The number of anilines is 1. The molecule has 9 nitrogen and oxygen atoms in total. The Labute approximate surface area is 197 Å². The lowest BCUT2D eigenvalue weighted by Crippen LogP contribution is -2.33. The van der Waals surface area contributed by atoms with Gasteiger partial charge < -0.3 is 15.1 Å². The van der Waals surface area contributed by atoms with Crippen LogP contribution in [0.1, 0.15) is 48.9 Å². The number of hydrogen-bond acceptors (Lipinski definition) is 7. The Kier molecular flexibility index (Phi) is 8.85. The summed E-state index contributed by atoms with van der Waals surface area (Å²) in [7, 11) is 0. The summed E-state index contributed by atoms with van der Waals surface area (Å²) >= 11 is 1.34. The van der Waals surface area contributed by atoms with Gasteiger partial charge in [-0.1, -0.05) is 17.8 Å². The molecule has 0 bridgehead atoms. The first-order chi connectivity index (χ1) is 16.0. The van der Waals surface area contributed by atoms with Crippen LogP contribution in [0.2, 0.25) is 0 Å². The first-order valence-electron chi connectivity index (χ1n) is 11.0. The molecule has 1 N–H and O–H groups in total. The third-order valence-electron chi connectivity index (χ3n) is 5.39. The Morgan fingerprint density at radius 3 is 2.52 bits per heavy atom. The molecular formula is C23H26N6O3S. The number of nitriles is 2. The second-order valence-corrected chi connectivity index (χ2v) is 9.00. The standard InChI is InChI=1S/C23H26N6O3S/c24-9-5-13-28(14-6-10-25)22(32)17-7-4-8-18(15-17)26-20(30)16-19-21(31)27-23(33-19)29-11-2-1-3-12-29/h4,7-8,15,19H,1-3,5-6,11-14,16H2,(H,26,30). The Balaban J connectivity index is 1.58. The fourth-order valence-corrected chi connectivity index (χ4v) is 4.82. The fourth-order valence-electron chi connectivity index (χ4n) is 3.71. The molecule has 10 heteroatoms. The van der Waals surface area contributed by atoms with Crippen molar-refractivity contribution in [1.29, 1.82) is 10.5 Å². The summed E-state index contributed by atoms with van der Waals surface area (Å²) < 4.78 is 0. The Bertz CT molecular complexity index is 988. The van der Waals surface area contributed by atoms with Crippen LogP contribution in [0, 0.1) is 22.7 Å². The molecule has 3 rings (SSSR count). The molecule has 0 radical (unpaired) electrons. The van der Waals surface area contributed by atoms with Crippen molar-refractivity contribution in [2.75, 3.05) is 31.5 Å². The van der Waals surface area contributed by atoms with Crippen molar-refractivity contribution in [3.8, 4) is 12.1 Å². The molecule has 1 unspecified atom stereocenters. The van der Waals surface area contributed by atoms with Crippen molar-refractivity contribution in [2.24, 2.45) is 4.99 Å². The van der Waals surface area contributed by atoms with Crippen molar-refractivity contribution in [3.05, 3.63) is 29.8 Å². The van der Waals surface area contributed by atoms with Gasteiger partial charge in [0.25, 0.3) is 11.8 Å². The lowest BCUT2D eigenvalue weighted by Gasteiger charge is -2.27. The number of thioether (sulfide) groups is 1. The number of nitrogens with zero attached hydrogens (tertiary/aromatic N) is 5. The van der Waals surface area contributed by atoms with Gasteiger partial charge in [0.2, 0.25) is 5.91 Å². The van der Waals surface area contributed by atoms with Gasteiger partial charge in [-0.15, -0.1) is 0 Å². The summed E-state index contributed by atoms with van der Waals surface area (Å²) in [4.78, 5) is 45.4. The number of amides is 3. The number of likely N-dealkylation sites (tertiary alicyclic amines) is 1. The molecule has 0 spiro atoms. The van der Waals surface area contributed by atoms with Crippen LogP contribution in [0.15, 0.2) is 29.3 Å². The number of rotatable bonds is 8. The summed E-state index contributed by atoms with van der Waals surface area (Å²) in [6.45, 7) is 2.24. The van der Waals surface area contributed by atoms with Crippen LogP contribution in [0.3, 0.4) is 0 Å². The summed E-state index contributed by atoms with van der Waals surface area (Å²) in [5, 5.41) is 20.6. The van der Waals surface area contributed by atoms with Crippen LogP contribution < -0.4 is 5.32 Å². The number of hydrogen-bond donors (Lipinski definition) is 1. The first-order valence-corrected chi connectivity index (χ1v) is 11.9. The molecular weight excluding hydrogens is 440 g/mol. The number of piperidine rings is 1. The molecule has 2 heterocycles. The van der Waals surface area contributed by atoms with Gasteiger partial charge >= 0.3 is 0 Å². The minimum atomic E-state index is -0.542. The molecule has 3 amide bonds. The van der Waals surface area contributed by atoms with Crippen LogP contribution in [0.4, 0.5) is 5.69 Å². The van der Waals surface area contributed by atoms with Gasteiger partial charge in [0, 0.05) is 43.9 Å². The molecule has 2 aliphatic rings. The molecule has 0 saturated carbocycles. The normalized spacial score (nSPS) is 17.6. The number of carbonyl (C=O) groups excluding carboxylic acids is 3. The molecule has 33 heavy (non-hydrogen) atoms. The highest BCUT2D eigenvalue weighted by molar-refractivity contribution is 8.15. The van der Waals surface area contributed by atoms with E-state index in [0.717, 1.165) is 25.9 Å². The molecule has 0 aromatic heterocycles. The molecule has 2 aliphatic heterocycles. The van der Waals surface area contributed by atoms with Crippen LogP contribution in [-0.4, -0.2) is 64.1 Å². The maximum atomic E-state index is 12.8. The largest absolute Gasteiger partial charge is 0.351 e. The Morgan fingerprint density at radius 2 is 1.85 bits per heavy atom. The third-order valence-corrected chi connectivity index (χ3v) is 6.61. The van der Waals surface area contributed by atoms with E-state index in [1.165, 1.54) is 23.1 Å². The van der Waals surface area contributed by atoms with Gasteiger partial charge in [-0.3, -0.25) is 14.4 Å². The Hall–Kier alpha value is -3.37. The lowest BCUT2D eigenvalue weighted by atomic mass is 10.1. The smallest absolute Gasteiger partial charge is 0.262 e. The average molecular weight is 467 g/mol. The second kappa shape index (κ2) is 12.0. The van der Waals surface area contributed by atoms with Gasteiger partial charge in [0.1, 0.15) is 5.25 Å². The third kappa shape index (κ3) is 6.80. The number of carbonyl (C=O) groups is 3. The van der Waals surface area contributed by atoms with E-state index in [1.807, 2.05) is 12.1 Å². The fraction of sp³-hybridized carbons (Fsp3) is 0.478. The summed E-state index contributed by atoms with van der Waals surface area (Å²) in [5.74, 6) is -0.922. The number of benzene rings is 1. The summed E-state index contributed by atoms with van der Waals surface area (Å²) in [5.41, 5.74) is 0.796. The molecule has 1 saturated heterocycles. The molecule has 172 valence electrons.